The average Bonchev–Trinajstić information content (AvgIpc) is 2.28. The second-order valence-corrected chi connectivity index (χ2v) is 3.07. The Bertz CT molecular complexity index is 153. The molecule has 0 heterocycles. The van der Waals surface area contributed by atoms with Gasteiger partial charge in [-0.1, -0.05) is 13.8 Å². The fourth-order valence-electron chi connectivity index (χ4n) is 0.286. The number of hydrogen-bond acceptors (Lipinski definition) is 5. The quantitative estimate of drug-likeness (QED) is 0.475. The molecule has 0 rings (SSSR count). The van der Waals surface area contributed by atoms with Crippen LogP contribution in [-0.4, -0.2) is 51.7 Å². The van der Waals surface area contributed by atoms with E-state index in [-0.39, 0.29) is 27.2 Å². The molecule has 110 valence electrons. The van der Waals surface area contributed by atoms with Gasteiger partial charge >= 0.3 is 0 Å². The van der Waals surface area contributed by atoms with Crippen LogP contribution in [0.3, 0.4) is 0 Å². The third-order valence-corrected chi connectivity index (χ3v) is 1.22. The number of Topliss-reactive ketones (excluding diaryl/α,β-unsaturated/α-hetero) is 2. The van der Waals surface area contributed by atoms with Crippen LogP contribution in [-0.2, 0) is 31.3 Å². The SMILES string of the molecule is CC(=O)C(O)C(C)=O.CCCO.CCCO.O.[Ti]. The first-order chi connectivity index (χ1) is 7.38. The number of carbonyl (C=O) groups excluding carboxylic acids is 2. The van der Waals surface area contributed by atoms with Crippen LogP contribution in [0.15, 0.2) is 0 Å². The van der Waals surface area contributed by atoms with E-state index in [0.29, 0.717) is 13.2 Å². The largest absolute Gasteiger partial charge is 0.412 e. The number of carbonyl (C=O) groups is 2. The van der Waals surface area contributed by atoms with Crippen molar-refractivity contribution < 1.29 is 52.1 Å². The number of ketones is 2. The van der Waals surface area contributed by atoms with Gasteiger partial charge in [-0.2, -0.15) is 0 Å². The molecule has 0 aliphatic heterocycles. The van der Waals surface area contributed by atoms with Gasteiger partial charge in [0.2, 0.25) is 0 Å². The maximum atomic E-state index is 10.1. The molecule has 5 N–H and O–H groups in total. The van der Waals surface area contributed by atoms with Crippen LogP contribution >= 0.6 is 0 Å². The Balaban J connectivity index is -0.0000000489. The predicted octanol–water partition coefficient (Wildman–Crippen LogP) is -0.524. The van der Waals surface area contributed by atoms with Crippen LogP contribution in [0.25, 0.3) is 0 Å². The summed E-state index contributed by atoms with van der Waals surface area (Å²) in [6, 6.07) is 0. The Kier molecular flexibility index (Phi) is 43.8. The molecule has 0 aromatic rings. The molecule has 0 saturated carbocycles. The molecule has 0 amide bonds. The summed E-state index contributed by atoms with van der Waals surface area (Å²) in [5.74, 6) is -1.00. The minimum Gasteiger partial charge on any atom is -0.412 e. The zero-order valence-electron chi connectivity index (χ0n) is 11.6. The van der Waals surface area contributed by atoms with E-state index in [1.165, 1.54) is 13.8 Å². The van der Waals surface area contributed by atoms with Gasteiger partial charge in [0.1, 0.15) is 0 Å². The molecule has 7 heteroatoms. The van der Waals surface area contributed by atoms with E-state index >= 15 is 0 Å². The number of rotatable bonds is 4. The van der Waals surface area contributed by atoms with E-state index in [4.69, 9.17) is 15.3 Å². The van der Waals surface area contributed by atoms with E-state index in [1.807, 2.05) is 13.8 Å². The number of aliphatic hydroxyl groups excluding tert-OH is 3. The van der Waals surface area contributed by atoms with Gasteiger partial charge in [0.15, 0.2) is 17.7 Å². The van der Waals surface area contributed by atoms with Gasteiger partial charge in [-0.05, 0) is 26.7 Å². The summed E-state index contributed by atoms with van der Waals surface area (Å²) >= 11 is 0. The van der Waals surface area contributed by atoms with Crippen molar-refractivity contribution in [3.63, 3.8) is 0 Å². The first kappa shape index (κ1) is 30.7. The van der Waals surface area contributed by atoms with E-state index < -0.39 is 17.7 Å². The summed E-state index contributed by atoms with van der Waals surface area (Å²) < 4.78 is 0. The molecule has 0 radical (unpaired) electrons. The summed E-state index contributed by atoms with van der Waals surface area (Å²) in [5, 5.41) is 24.3. The maximum Gasteiger partial charge on any atom is 0.170 e. The van der Waals surface area contributed by atoms with Crippen molar-refractivity contribution in [2.75, 3.05) is 13.2 Å². The molecule has 0 aliphatic carbocycles. The Morgan fingerprint density at radius 1 is 0.944 bits per heavy atom. The smallest absolute Gasteiger partial charge is 0.170 e. The monoisotopic (exact) mass is 302 g/mol. The molecular weight excluding hydrogens is 276 g/mol. The van der Waals surface area contributed by atoms with Crippen molar-refractivity contribution in [2.24, 2.45) is 0 Å². The van der Waals surface area contributed by atoms with Crippen molar-refractivity contribution in [3.05, 3.63) is 0 Å². The fraction of sp³-hybridized carbons (Fsp3) is 0.818. The molecule has 0 spiro atoms. The molecule has 0 bridgehead atoms. The molecule has 18 heavy (non-hydrogen) atoms. The minimum absolute atomic E-state index is 0. The van der Waals surface area contributed by atoms with Gasteiger partial charge in [-0.3, -0.25) is 9.59 Å². The van der Waals surface area contributed by atoms with Gasteiger partial charge in [-0.25, -0.2) is 0 Å². The number of aliphatic hydroxyl groups is 3. The Morgan fingerprint density at radius 3 is 1.11 bits per heavy atom. The summed E-state index contributed by atoms with van der Waals surface area (Å²) in [7, 11) is 0. The summed E-state index contributed by atoms with van der Waals surface area (Å²) in [6.07, 6.45) is 0.343. The minimum atomic E-state index is -1.41. The van der Waals surface area contributed by atoms with Crippen LogP contribution in [0.4, 0.5) is 0 Å². The van der Waals surface area contributed by atoms with E-state index in [0.717, 1.165) is 12.8 Å². The zero-order valence-corrected chi connectivity index (χ0v) is 13.1. The van der Waals surface area contributed by atoms with Crippen molar-refractivity contribution in [2.45, 2.75) is 46.6 Å². The molecule has 0 atom stereocenters. The topological polar surface area (TPSA) is 126 Å². The second kappa shape index (κ2) is 25.7. The Labute approximate surface area is 124 Å². The van der Waals surface area contributed by atoms with Crippen molar-refractivity contribution in [3.8, 4) is 0 Å². The molecule has 0 fully saturated rings. The fourth-order valence-corrected chi connectivity index (χ4v) is 0.286. The average molecular weight is 302 g/mol. The van der Waals surface area contributed by atoms with Gasteiger partial charge in [-0.15, -0.1) is 0 Å². The molecular formula is C11H26O6Ti. The maximum absolute atomic E-state index is 10.1. The van der Waals surface area contributed by atoms with Gasteiger partial charge in [0.05, 0.1) is 0 Å². The third-order valence-electron chi connectivity index (χ3n) is 1.22. The molecule has 0 unspecified atom stereocenters. The first-order valence-corrected chi connectivity index (χ1v) is 5.29. The molecule has 6 nitrogen and oxygen atoms in total. The molecule has 0 aliphatic rings. The van der Waals surface area contributed by atoms with Crippen LogP contribution in [0.5, 0.6) is 0 Å². The van der Waals surface area contributed by atoms with Crippen LogP contribution in [0.2, 0.25) is 0 Å². The van der Waals surface area contributed by atoms with E-state index in [1.54, 1.807) is 0 Å². The van der Waals surface area contributed by atoms with Gasteiger partial charge in [0.25, 0.3) is 0 Å². The first-order valence-electron chi connectivity index (χ1n) is 5.29. The summed E-state index contributed by atoms with van der Waals surface area (Å²) in [6.45, 7) is 6.85. The van der Waals surface area contributed by atoms with Gasteiger partial charge in [0, 0.05) is 34.9 Å². The molecule has 0 aromatic carbocycles. The Hall–Kier alpha value is -0.106. The molecule has 0 saturated heterocycles. The summed E-state index contributed by atoms with van der Waals surface area (Å²) in [4.78, 5) is 20.2. The van der Waals surface area contributed by atoms with Crippen molar-refractivity contribution in [1.82, 2.24) is 0 Å². The third kappa shape index (κ3) is 36.0. The van der Waals surface area contributed by atoms with Gasteiger partial charge < -0.3 is 20.8 Å². The van der Waals surface area contributed by atoms with Crippen LogP contribution in [0.1, 0.15) is 40.5 Å². The molecule has 0 aromatic heterocycles. The van der Waals surface area contributed by atoms with Crippen molar-refractivity contribution in [1.29, 1.82) is 0 Å². The Morgan fingerprint density at radius 2 is 1.11 bits per heavy atom. The standard InChI is InChI=1S/C5H8O3.2C3H8O.H2O.Ti/c1-3(6)5(8)4(2)7;2*1-2-3-4;;/h5,8H,1-2H3;2*4H,2-3H2,1H3;1H2;. The van der Waals surface area contributed by atoms with E-state index in [9.17, 15) is 9.59 Å². The second-order valence-electron chi connectivity index (χ2n) is 3.07. The van der Waals surface area contributed by atoms with Crippen molar-refractivity contribution >= 4 is 11.6 Å². The van der Waals surface area contributed by atoms with Crippen LogP contribution < -0.4 is 0 Å². The normalized spacial score (nSPS) is 7.56. The predicted molar refractivity (Wildman–Crippen MR) is 65.7 cm³/mol. The zero-order chi connectivity index (χ0) is 13.6. The summed E-state index contributed by atoms with van der Waals surface area (Å²) in [5.41, 5.74) is 0. The van der Waals surface area contributed by atoms with E-state index in [2.05, 4.69) is 0 Å². The van der Waals surface area contributed by atoms with Crippen LogP contribution in [0, 0.1) is 0 Å². The number of hydrogen-bond donors (Lipinski definition) is 3.